The van der Waals surface area contributed by atoms with E-state index in [-0.39, 0.29) is 6.10 Å². The zero-order valence-corrected chi connectivity index (χ0v) is 11.5. The van der Waals surface area contributed by atoms with Gasteiger partial charge in [-0.1, -0.05) is 77.6 Å². The molecule has 0 aromatic heterocycles. The first-order chi connectivity index (χ1) is 7.77. The van der Waals surface area contributed by atoms with Crippen molar-refractivity contribution in [3.8, 4) is 0 Å². The SMILES string of the molecule is CCCCCCCCCCCCC[C@H](C)O. The number of hydrogen-bond donors (Lipinski definition) is 1. The van der Waals surface area contributed by atoms with Crippen LogP contribution in [-0.4, -0.2) is 11.2 Å². The maximum absolute atomic E-state index is 9.10. The van der Waals surface area contributed by atoms with E-state index in [4.69, 9.17) is 5.11 Å². The lowest BCUT2D eigenvalue weighted by Crippen LogP contribution is -1.98. The maximum atomic E-state index is 9.10. The normalized spacial score (nSPS) is 12.9. The third kappa shape index (κ3) is 14.0. The fourth-order valence-electron chi connectivity index (χ4n) is 2.10. The van der Waals surface area contributed by atoms with Gasteiger partial charge in [0.05, 0.1) is 6.10 Å². The van der Waals surface area contributed by atoms with Gasteiger partial charge >= 0.3 is 0 Å². The van der Waals surface area contributed by atoms with Crippen molar-refractivity contribution in [1.82, 2.24) is 0 Å². The van der Waals surface area contributed by atoms with Crippen LogP contribution in [0, 0.1) is 0 Å². The van der Waals surface area contributed by atoms with Gasteiger partial charge in [0.2, 0.25) is 0 Å². The number of rotatable bonds is 12. The van der Waals surface area contributed by atoms with Gasteiger partial charge in [-0.15, -0.1) is 0 Å². The van der Waals surface area contributed by atoms with Gasteiger partial charge in [0.1, 0.15) is 0 Å². The monoisotopic (exact) mass is 228 g/mol. The van der Waals surface area contributed by atoms with Crippen LogP contribution in [0.25, 0.3) is 0 Å². The Bertz CT molecular complexity index is 121. The average molecular weight is 228 g/mol. The lowest BCUT2D eigenvalue weighted by atomic mass is 10.0. The Kier molecular flexibility index (Phi) is 13.0. The van der Waals surface area contributed by atoms with Crippen LogP contribution in [0.5, 0.6) is 0 Å². The molecule has 1 atom stereocenters. The fraction of sp³-hybridized carbons (Fsp3) is 1.00. The van der Waals surface area contributed by atoms with E-state index in [1.54, 1.807) is 0 Å². The van der Waals surface area contributed by atoms with Gasteiger partial charge in [-0.05, 0) is 13.3 Å². The summed E-state index contributed by atoms with van der Waals surface area (Å²) in [5, 5.41) is 9.10. The molecule has 0 spiro atoms. The molecule has 1 N–H and O–H groups in total. The van der Waals surface area contributed by atoms with E-state index in [0.717, 1.165) is 6.42 Å². The summed E-state index contributed by atoms with van der Waals surface area (Å²) in [6, 6.07) is 0. The second-order valence-electron chi connectivity index (χ2n) is 5.17. The van der Waals surface area contributed by atoms with Crippen molar-refractivity contribution >= 4 is 0 Å². The molecule has 0 saturated heterocycles. The molecule has 0 aliphatic heterocycles. The molecule has 1 nitrogen and oxygen atoms in total. The number of hydrogen-bond acceptors (Lipinski definition) is 1. The Morgan fingerprint density at radius 1 is 0.688 bits per heavy atom. The summed E-state index contributed by atoms with van der Waals surface area (Å²) in [5.41, 5.74) is 0. The molecule has 0 bridgehead atoms. The van der Waals surface area contributed by atoms with Crippen molar-refractivity contribution in [2.24, 2.45) is 0 Å². The van der Waals surface area contributed by atoms with Crippen LogP contribution in [-0.2, 0) is 0 Å². The first-order valence-corrected chi connectivity index (χ1v) is 7.45. The second kappa shape index (κ2) is 13.0. The predicted octanol–water partition coefficient (Wildman–Crippen LogP) is 5.07. The average Bonchev–Trinajstić information content (AvgIpc) is 2.25. The van der Waals surface area contributed by atoms with Crippen LogP contribution in [0.15, 0.2) is 0 Å². The summed E-state index contributed by atoms with van der Waals surface area (Å²) in [6.45, 7) is 4.16. The highest BCUT2D eigenvalue weighted by Gasteiger charge is 1.95. The van der Waals surface area contributed by atoms with Crippen LogP contribution in [0.3, 0.4) is 0 Å². The molecule has 0 radical (unpaired) electrons. The predicted molar refractivity (Wildman–Crippen MR) is 72.8 cm³/mol. The number of unbranched alkanes of at least 4 members (excludes halogenated alkanes) is 10. The van der Waals surface area contributed by atoms with Gasteiger partial charge in [0, 0.05) is 0 Å². The standard InChI is InChI=1S/C15H32O/c1-3-4-5-6-7-8-9-10-11-12-13-14-15(2)16/h15-16H,3-14H2,1-2H3/t15-/m0/s1. The Morgan fingerprint density at radius 2 is 1.06 bits per heavy atom. The van der Waals surface area contributed by atoms with Gasteiger partial charge in [-0.3, -0.25) is 0 Å². The largest absolute Gasteiger partial charge is 0.393 e. The Hall–Kier alpha value is -0.0400. The Balaban J connectivity index is 2.88. The smallest absolute Gasteiger partial charge is 0.0512 e. The van der Waals surface area contributed by atoms with Gasteiger partial charge in [0.15, 0.2) is 0 Å². The molecule has 0 aliphatic rings. The first kappa shape index (κ1) is 16.0. The minimum atomic E-state index is -0.0986. The summed E-state index contributed by atoms with van der Waals surface area (Å²) >= 11 is 0. The third-order valence-corrected chi connectivity index (χ3v) is 3.23. The molecule has 1 heteroatoms. The van der Waals surface area contributed by atoms with E-state index < -0.39 is 0 Å². The van der Waals surface area contributed by atoms with E-state index in [1.807, 2.05) is 6.92 Å². The van der Waals surface area contributed by atoms with Crippen LogP contribution < -0.4 is 0 Å². The van der Waals surface area contributed by atoms with Crippen molar-refractivity contribution < 1.29 is 5.11 Å². The van der Waals surface area contributed by atoms with Crippen LogP contribution >= 0.6 is 0 Å². The van der Waals surface area contributed by atoms with Crippen molar-refractivity contribution in [3.63, 3.8) is 0 Å². The molecule has 0 saturated carbocycles. The molecule has 0 unspecified atom stereocenters. The summed E-state index contributed by atoms with van der Waals surface area (Å²) in [4.78, 5) is 0. The highest BCUT2D eigenvalue weighted by molar-refractivity contribution is 4.50. The molecule has 0 aliphatic carbocycles. The van der Waals surface area contributed by atoms with Gasteiger partial charge in [0.25, 0.3) is 0 Å². The van der Waals surface area contributed by atoms with Crippen LogP contribution in [0.4, 0.5) is 0 Å². The second-order valence-corrected chi connectivity index (χ2v) is 5.17. The highest BCUT2D eigenvalue weighted by Crippen LogP contribution is 2.12. The van der Waals surface area contributed by atoms with Crippen molar-refractivity contribution in [2.75, 3.05) is 0 Å². The molecule has 16 heavy (non-hydrogen) atoms. The zero-order chi connectivity index (χ0) is 12.1. The van der Waals surface area contributed by atoms with E-state index in [2.05, 4.69) is 6.92 Å². The minimum absolute atomic E-state index is 0.0986. The molecule has 0 fully saturated rings. The van der Waals surface area contributed by atoms with Gasteiger partial charge < -0.3 is 5.11 Å². The molecule has 0 aromatic carbocycles. The lowest BCUT2D eigenvalue weighted by Gasteiger charge is -2.04. The molecule has 0 heterocycles. The summed E-state index contributed by atoms with van der Waals surface area (Å²) in [7, 11) is 0. The number of aliphatic hydroxyl groups is 1. The molecule has 0 amide bonds. The van der Waals surface area contributed by atoms with Gasteiger partial charge in [-0.2, -0.15) is 0 Å². The topological polar surface area (TPSA) is 20.2 Å². The summed E-state index contributed by atoms with van der Waals surface area (Å²) in [6.07, 6.45) is 16.1. The van der Waals surface area contributed by atoms with Crippen LogP contribution in [0.1, 0.15) is 90.9 Å². The number of aliphatic hydroxyl groups excluding tert-OH is 1. The van der Waals surface area contributed by atoms with E-state index in [9.17, 15) is 0 Å². The molecule has 0 aromatic rings. The van der Waals surface area contributed by atoms with E-state index >= 15 is 0 Å². The van der Waals surface area contributed by atoms with E-state index in [1.165, 1.54) is 70.6 Å². The van der Waals surface area contributed by atoms with Crippen molar-refractivity contribution in [3.05, 3.63) is 0 Å². The summed E-state index contributed by atoms with van der Waals surface area (Å²) < 4.78 is 0. The Labute approximate surface area is 103 Å². The fourth-order valence-corrected chi connectivity index (χ4v) is 2.10. The first-order valence-electron chi connectivity index (χ1n) is 7.45. The highest BCUT2D eigenvalue weighted by atomic mass is 16.3. The van der Waals surface area contributed by atoms with Crippen LogP contribution in [0.2, 0.25) is 0 Å². The minimum Gasteiger partial charge on any atom is -0.393 e. The molecule has 0 rings (SSSR count). The lowest BCUT2D eigenvalue weighted by molar-refractivity contribution is 0.180. The molecular weight excluding hydrogens is 196 g/mol. The van der Waals surface area contributed by atoms with Crippen molar-refractivity contribution in [2.45, 2.75) is 97.0 Å². The molecule has 98 valence electrons. The maximum Gasteiger partial charge on any atom is 0.0512 e. The van der Waals surface area contributed by atoms with Gasteiger partial charge in [-0.25, -0.2) is 0 Å². The zero-order valence-electron chi connectivity index (χ0n) is 11.5. The van der Waals surface area contributed by atoms with E-state index in [0.29, 0.717) is 0 Å². The third-order valence-electron chi connectivity index (χ3n) is 3.23. The molecular formula is C15H32O. The summed E-state index contributed by atoms with van der Waals surface area (Å²) in [5.74, 6) is 0. The van der Waals surface area contributed by atoms with Crippen molar-refractivity contribution in [1.29, 1.82) is 0 Å². The Morgan fingerprint density at radius 3 is 1.44 bits per heavy atom. The quantitative estimate of drug-likeness (QED) is 0.462.